The Labute approximate surface area is 115 Å². The molecule has 0 atom stereocenters. The molecule has 0 bridgehead atoms. The lowest BCUT2D eigenvalue weighted by Gasteiger charge is -2.21. The molecule has 0 N–H and O–H groups in total. The van der Waals surface area contributed by atoms with Gasteiger partial charge in [-0.25, -0.2) is 0 Å². The second kappa shape index (κ2) is 6.60. The Morgan fingerprint density at radius 1 is 1.16 bits per heavy atom. The molecule has 106 valence electrons. The number of hydrogen-bond donors (Lipinski definition) is 0. The van der Waals surface area contributed by atoms with Crippen LogP contribution in [-0.2, 0) is 16.0 Å². The highest BCUT2D eigenvalue weighted by Crippen LogP contribution is 2.18. The molecule has 0 saturated carbocycles. The van der Waals surface area contributed by atoms with Gasteiger partial charge in [-0.2, -0.15) is 0 Å². The van der Waals surface area contributed by atoms with E-state index in [-0.39, 0.29) is 11.6 Å². The smallest absolute Gasteiger partial charge is 0.310 e. The largest absolute Gasteiger partial charge is 0.488 e. The summed E-state index contributed by atoms with van der Waals surface area (Å²) in [4.78, 5) is 11.6. The van der Waals surface area contributed by atoms with Gasteiger partial charge in [0, 0.05) is 0 Å². The van der Waals surface area contributed by atoms with Crippen LogP contribution in [0.3, 0.4) is 0 Å². The molecular weight excluding hydrogens is 240 g/mol. The molecule has 1 rings (SSSR count). The minimum Gasteiger partial charge on any atom is -0.488 e. The van der Waals surface area contributed by atoms with E-state index in [0.29, 0.717) is 18.9 Å². The number of carbonyl (C=O) groups is 1. The number of carbonyl (C=O) groups excluding carboxylic acids is 1. The molecule has 0 radical (unpaired) electrons. The Bertz CT molecular complexity index is 399. The average molecular weight is 264 g/mol. The summed E-state index contributed by atoms with van der Waals surface area (Å²) < 4.78 is 10.9. The molecule has 3 heteroatoms. The lowest BCUT2D eigenvalue weighted by Crippen LogP contribution is -2.22. The van der Waals surface area contributed by atoms with Crippen molar-refractivity contribution in [1.29, 1.82) is 0 Å². The molecule has 0 aromatic heterocycles. The maximum atomic E-state index is 11.6. The molecule has 0 amide bonds. The monoisotopic (exact) mass is 264 g/mol. The van der Waals surface area contributed by atoms with Crippen molar-refractivity contribution in [3.8, 4) is 5.75 Å². The summed E-state index contributed by atoms with van der Waals surface area (Å²) >= 11 is 0. The van der Waals surface area contributed by atoms with Crippen molar-refractivity contribution in [2.75, 3.05) is 6.61 Å². The molecular formula is C16H24O3. The third kappa shape index (κ3) is 6.85. The Kier molecular flexibility index (Phi) is 5.40. The highest BCUT2D eigenvalue weighted by molar-refractivity contribution is 5.72. The summed E-state index contributed by atoms with van der Waals surface area (Å²) in [5.74, 6) is 0.997. The first-order chi connectivity index (χ1) is 8.76. The fourth-order valence-corrected chi connectivity index (χ4v) is 1.51. The van der Waals surface area contributed by atoms with E-state index in [1.165, 1.54) is 0 Å². The lowest BCUT2D eigenvalue weighted by molar-refractivity contribution is -0.143. The number of rotatable bonds is 5. The Balaban J connectivity index is 2.50. The molecule has 0 saturated heterocycles. The summed E-state index contributed by atoms with van der Waals surface area (Å²) in [5.41, 5.74) is 0.729. The van der Waals surface area contributed by atoms with Crippen molar-refractivity contribution >= 4 is 5.97 Å². The number of benzene rings is 1. The quantitative estimate of drug-likeness (QED) is 0.762. The van der Waals surface area contributed by atoms with Crippen LogP contribution in [0.1, 0.15) is 40.2 Å². The molecule has 3 nitrogen and oxygen atoms in total. The van der Waals surface area contributed by atoms with Crippen LogP contribution >= 0.6 is 0 Å². The molecule has 0 heterocycles. The topological polar surface area (TPSA) is 35.5 Å². The van der Waals surface area contributed by atoms with Gasteiger partial charge in [-0.15, -0.1) is 0 Å². The molecule has 19 heavy (non-hydrogen) atoms. The fraction of sp³-hybridized carbons (Fsp3) is 0.562. The van der Waals surface area contributed by atoms with Gasteiger partial charge in [0.25, 0.3) is 0 Å². The summed E-state index contributed by atoms with van der Waals surface area (Å²) in [7, 11) is 0. The van der Waals surface area contributed by atoms with Crippen molar-refractivity contribution in [2.45, 2.75) is 46.6 Å². The fourth-order valence-electron chi connectivity index (χ4n) is 1.51. The second-order valence-corrected chi connectivity index (χ2v) is 6.11. The van der Waals surface area contributed by atoms with Gasteiger partial charge in [0.05, 0.1) is 13.0 Å². The molecule has 0 aliphatic carbocycles. The van der Waals surface area contributed by atoms with Gasteiger partial charge >= 0.3 is 5.97 Å². The van der Waals surface area contributed by atoms with Crippen LogP contribution in [0.15, 0.2) is 24.3 Å². The first kappa shape index (κ1) is 15.5. The van der Waals surface area contributed by atoms with E-state index in [9.17, 15) is 4.79 Å². The molecule has 1 aromatic carbocycles. The highest BCUT2D eigenvalue weighted by Gasteiger charge is 2.12. The molecule has 0 fully saturated rings. The van der Waals surface area contributed by atoms with E-state index in [1.54, 1.807) is 0 Å². The lowest BCUT2D eigenvalue weighted by atomic mass is 10.1. The van der Waals surface area contributed by atoms with Crippen molar-refractivity contribution in [1.82, 2.24) is 0 Å². The van der Waals surface area contributed by atoms with E-state index in [1.807, 2.05) is 58.9 Å². The van der Waals surface area contributed by atoms with E-state index < -0.39 is 0 Å². The van der Waals surface area contributed by atoms with Gasteiger partial charge in [0.1, 0.15) is 11.4 Å². The average Bonchev–Trinajstić information content (AvgIpc) is 2.27. The summed E-state index contributed by atoms with van der Waals surface area (Å²) in [6.45, 7) is 10.5. The summed E-state index contributed by atoms with van der Waals surface area (Å²) in [5, 5.41) is 0. The number of esters is 1. The molecule has 1 aromatic rings. The predicted molar refractivity (Wildman–Crippen MR) is 76.3 cm³/mol. The van der Waals surface area contributed by atoms with E-state index >= 15 is 0 Å². The minimum atomic E-state index is -0.211. The zero-order valence-electron chi connectivity index (χ0n) is 12.5. The van der Waals surface area contributed by atoms with Crippen LogP contribution in [0.5, 0.6) is 5.75 Å². The minimum absolute atomic E-state index is 0.182. The van der Waals surface area contributed by atoms with Crippen molar-refractivity contribution in [3.63, 3.8) is 0 Å². The van der Waals surface area contributed by atoms with Crippen LogP contribution in [-0.4, -0.2) is 18.2 Å². The first-order valence-corrected chi connectivity index (χ1v) is 6.70. The van der Waals surface area contributed by atoms with Crippen LogP contribution < -0.4 is 4.74 Å². The van der Waals surface area contributed by atoms with Gasteiger partial charge in [-0.3, -0.25) is 4.79 Å². The van der Waals surface area contributed by atoms with Gasteiger partial charge in [0.2, 0.25) is 0 Å². The standard InChI is InChI=1S/C16H24O3/c1-12(2)11-18-15(17)10-13-6-8-14(9-7-13)19-16(3,4)5/h6-9,12H,10-11H2,1-5H3. The highest BCUT2D eigenvalue weighted by atomic mass is 16.5. The van der Waals surface area contributed by atoms with Gasteiger partial charge in [-0.05, 0) is 44.4 Å². The Morgan fingerprint density at radius 3 is 2.21 bits per heavy atom. The number of ether oxygens (including phenoxy) is 2. The third-order valence-electron chi connectivity index (χ3n) is 2.27. The number of hydrogen-bond acceptors (Lipinski definition) is 3. The second-order valence-electron chi connectivity index (χ2n) is 6.11. The summed E-state index contributed by atoms with van der Waals surface area (Å²) in [6, 6.07) is 7.57. The van der Waals surface area contributed by atoms with Gasteiger partial charge in [-0.1, -0.05) is 26.0 Å². The third-order valence-corrected chi connectivity index (χ3v) is 2.27. The van der Waals surface area contributed by atoms with E-state index in [2.05, 4.69) is 0 Å². The van der Waals surface area contributed by atoms with Gasteiger partial charge < -0.3 is 9.47 Å². The van der Waals surface area contributed by atoms with Crippen LogP contribution in [0.4, 0.5) is 0 Å². The predicted octanol–water partition coefficient (Wildman–Crippen LogP) is 3.61. The summed E-state index contributed by atoms with van der Waals surface area (Å²) in [6.07, 6.45) is 0.308. The molecule has 0 unspecified atom stereocenters. The van der Waals surface area contributed by atoms with Gasteiger partial charge in [0.15, 0.2) is 0 Å². The van der Waals surface area contributed by atoms with Crippen LogP contribution in [0.25, 0.3) is 0 Å². The maximum Gasteiger partial charge on any atom is 0.310 e. The molecule has 0 spiro atoms. The maximum absolute atomic E-state index is 11.6. The Hall–Kier alpha value is -1.51. The molecule has 0 aliphatic rings. The van der Waals surface area contributed by atoms with Crippen LogP contribution in [0.2, 0.25) is 0 Å². The van der Waals surface area contributed by atoms with Crippen molar-refractivity contribution < 1.29 is 14.3 Å². The normalized spacial score (nSPS) is 11.5. The van der Waals surface area contributed by atoms with E-state index in [0.717, 1.165) is 11.3 Å². The zero-order chi connectivity index (χ0) is 14.5. The van der Waals surface area contributed by atoms with Crippen molar-refractivity contribution in [3.05, 3.63) is 29.8 Å². The van der Waals surface area contributed by atoms with Crippen LogP contribution in [0, 0.1) is 5.92 Å². The molecule has 0 aliphatic heterocycles. The zero-order valence-corrected chi connectivity index (χ0v) is 12.5. The van der Waals surface area contributed by atoms with Crippen molar-refractivity contribution in [2.24, 2.45) is 5.92 Å². The first-order valence-electron chi connectivity index (χ1n) is 6.70. The SMILES string of the molecule is CC(C)COC(=O)Cc1ccc(OC(C)(C)C)cc1. The Morgan fingerprint density at radius 2 is 1.74 bits per heavy atom. The van der Waals surface area contributed by atoms with E-state index in [4.69, 9.17) is 9.47 Å².